The van der Waals surface area contributed by atoms with E-state index in [1.807, 2.05) is 18.4 Å². The lowest BCUT2D eigenvalue weighted by atomic mass is 9.96. The maximum absolute atomic E-state index is 5.80. The van der Waals surface area contributed by atoms with Gasteiger partial charge in [-0.05, 0) is 81.6 Å². The van der Waals surface area contributed by atoms with Gasteiger partial charge < -0.3 is 15.6 Å². The van der Waals surface area contributed by atoms with Crippen LogP contribution in [-0.4, -0.2) is 4.57 Å². The molecule has 1 aliphatic heterocycles. The molecule has 0 spiro atoms. The quantitative estimate of drug-likeness (QED) is 0.169. The SMILES string of the molecule is C=C/C=C\C(=C/C)c1cccc(-c2ccc3c(ccc4c5ccc(C6C=CC(/C(C=C)=C/N)=CN6)cc5n(-c5ccccc5)c34)c2)c1. The summed E-state index contributed by atoms with van der Waals surface area (Å²) in [6, 6.07) is 37.7. The van der Waals surface area contributed by atoms with Gasteiger partial charge in [-0.25, -0.2) is 0 Å². The smallest absolute Gasteiger partial charge is 0.0696 e. The van der Waals surface area contributed by atoms with Gasteiger partial charge in [0, 0.05) is 34.2 Å². The third-order valence-electron chi connectivity index (χ3n) is 9.01. The second kappa shape index (κ2) is 12.7. The summed E-state index contributed by atoms with van der Waals surface area (Å²) in [5, 5.41) is 8.45. The van der Waals surface area contributed by atoms with Crippen LogP contribution >= 0.6 is 0 Å². The van der Waals surface area contributed by atoms with Gasteiger partial charge in [0.1, 0.15) is 0 Å². The first-order valence-corrected chi connectivity index (χ1v) is 15.9. The summed E-state index contributed by atoms with van der Waals surface area (Å²) in [6.07, 6.45) is 17.7. The van der Waals surface area contributed by atoms with Crippen LogP contribution in [0.2, 0.25) is 0 Å². The molecule has 47 heavy (non-hydrogen) atoms. The number of allylic oxidation sites excluding steroid dienone is 9. The van der Waals surface area contributed by atoms with E-state index >= 15 is 0 Å². The molecule has 1 unspecified atom stereocenters. The van der Waals surface area contributed by atoms with E-state index in [2.05, 4.69) is 157 Å². The molecule has 0 fully saturated rings. The predicted octanol–water partition coefficient (Wildman–Crippen LogP) is 10.9. The minimum Gasteiger partial charge on any atom is -0.404 e. The van der Waals surface area contributed by atoms with Crippen molar-refractivity contribution < 1.29 is 0 Å². The minimum absolute atomic E-state index is 0.0413. The molecule has 0 saturated carbocycles. The molecule has 0 aliphatic carbocycles. The third-order valence-corrected chi connectivity index (χ3v) is 9.01. The predicted molar refractivity (Wildman–Crippen MR) is 202 cm³/mol. The van der Waals surface area contributed by atoms with Gasteiger partial charge in [-0.1, -0.05) is 128 Å². The molecule has 3 N–H and O–H groups in total. The Labute approximate surface area is 276 Å². The third kappa shape index (κ3) is 5.43. The highest BCUT2D eigenvalue weighted by atomic mass is 15.0. The van der Waals surface area contributed by atoms with Crippen LogP contribution in [0.1, 0.15) is 24.1 Å². The summed E-state index contributed by atoms with van der Waals surface area (Å²) in [5.74, 6) is 0. The average Bonchev–Trinajstić information content (AvgIpc) is 3.47. The van der Waals surface area contributed by atoms with Gasteiger partial charge in [-0.15, -0.1) is 0 Å². The lowest BCUT2D eigenvalue weighted by Crippen LogP contribution is -2.17. The van der Waals surface area contributed by atoms with Crippen molar-refractivity contribution in [3.05, 3.63) is 193 Å². The van der Waals surface area contributed by atoms with Gasteiger partial charge in [-0.3, -0.25) is 0 Å². The zero-order valence-electron chi connectivity index (χ0n) is 26.5. The van der Waals surface area contributed by atoms with Crippen LogP contribution in [0.4, 0.5) is 0 Å². The van der Waals surface area contributed by atoms with Crippen LogP contribution in [0.5, 0.6) is 0 Å². The monoisotopic (exact) mass is 607 g/mol. The highest BCUT2D eigenvalue weighted by Crippen LogP contribution is 2.39. The first-order valence-electron chi connectivity index (χ1n) is 15.9. The number of hydrogen-bond donors (Lipinski definition) is 2. The van der Waals surface area contributed by atoms with Crippen LogP contribution in [0, 0.1) is 0 Å². The molecule has 3 nitrogen and oxygen atoms in total. The molecule has 0 bridgehead atoms. The molecule has 1 aromatic heterocycles. The number of rotatable bonds is 8. The van der Waals surface area contributed by atoms with Crippen molar-refractivity contribution in [2.45, 2.75) is 13.0 Å². The van der Waals surface area contributed by atoms with Crippen LogP contribution in [-0.2, 0) is 0 Å². The Hall–Kier alpha value is -6.06. The number of fused-ring (bicyclic) bond motifs is 5. The molecule has 0 saturated heterocycles. The molecule has 3 heteroatoms. The number of hydrogen-bond acceptors (Lipinski definition) is 2. The highest BCUT2D eigenvalue weighted by Gasteiger charge is 2.18. The molecule has 0 radical (unpaired) electrons. The maximum atomic E-state index is 5.80. The number of aromatic nitrogens is 1. The topological polar surface area (TPSA) is 43.0 Å². The van der Waals surface area contributed by atoms with Gasteiger partial charge in [0.25, 0.3) is 0 Å². The van der Waals surface area contributed by atoms with Crippen molar-refractivity contribution in [2.75, 3.05) is 0 Å². The van der Waals surface area contributed by atoms with E-state index in [4.69, 9.17) is 5.73 Å². The second-order valence-corrected chi connectivity index (χ2v) is 11.7. The van der Waals surface area contributed by atoms with Crippen LogP contribution in [0.15, 0.2) is 182 Å². The Morgan fingerprint density at radius 2 is 1.62 bits per heavy atom. The first kappa shape index (κ1) is 29.6. The first-order chi connectivity index (χ1) is 23.1. The average molecular weight is 608 g/mol. The van der Waals surface area contributed by atoms with Crippen LogP contribution in [0.3, 0.4) is 0 Å². The fourth-order valence-corrected chi connectivity index (χ4v) is 6.63. The Kier molecular flexibility index (Phi) is 8.04. The molecule has 5 aromatic carbocycles. The van der Waals surface area contributed by atoms with Gasteiger partial charge >= 0.3 is 0 Å². The van der Waals surface area contributed by atoms with Gasteiger partial charge in [0.05, 0.1) is 17.1 Å². The Morgan fingerprint density at radius 1 is 0.809 bits per heavy atom. The normalized spacial score (nSPS) is 15.3. The molecule has 0 amide bonds. The summed E-state index contributed by atoms with van der Waals surface area (Å²) in [6.45, 7) is 9.77. The molecular formula is C44H37N3. The summed E-state index contributed by atoms with van der Waals surface area (Å²) < 4.78 is 2.42. The minimum atomic E-state index is 0.0413. The van der Waals surface area contributed by atoms with E-state index in [9.17, 15) is 0 Å². The van der Waals surface area contributed by atoms with E-state index in [1.54, 1.807) is 12.3 Å². The molecule has 1 atom stereocenters. The Balaban J connectivity index is 1.36. The van der Waals surface area contributed by atoms with Crippen molar-refractivity contribution in [2.24, 2.45) is 5.73 Å². The van der Waals surface area contributed by atoms with E-state index < -0.39 is 0 Å². The molecule has 7 rings (SSSR count). The standard InChI is InChI=1S/C44H37N3/c1-4-7-12-30(5-2)32-13-11-14-33(25-32)34-17-21-39-35(26-34)18-23-41-40-22-19-36(42-24-20-37(29-46-42)31(6-3)28-45)27-43(40)47(44(39)41)38-15-9-8-10-16-38/h4-29,42,46H,1,3,45H2,2H3/b12-7-,30-5+,31-28+. The van der Waals surface area contributed by atoms with Gasteiger partial charge in [0.15, 0.2) is 0 Å². The Bertz CT molecular complexity index is 2320. The number of benzene rings is 5. The summed E-state index contributed by atoms with van der Waals surface area (Å²) in [4.78, 5) is 0. The van der Waals surface area contributed by atoms with Crippen molar-refractivity contribution >= 4 is 38.2 Å². The summed E-state index contributed by atoms with van der Waals surface area (Å²) >= 11 is 0. The zero-order valence-corrected chi connectivity index (χ0v) is 26.5. The molecular weight excluding hydrogens is 571 g/mol. The molecule has 1 aliphatic rings. The number of para-hydroxylation sites is 1. The largest absolute Gasteiger partial charge is 0.404 e. The second-order valence-electron chi connectivity index (χ2n) is 11.7. The van der Waals surface area contributed by atoms with E-state index in [1.165, 1.54) is 60.4 Å². The number of dihydropyridines is 1. The van der Waals surface area contributed by atoms with E-state index in [0.717, 1.165) is 16.8 Å². The van der Waals surface area contributed by atoms with Crippen molar-refractivity contribution in [3.63, 3.8) is 0 Å². The van der Waals surface area contributed by atoms with Gasteiger partial charge in [0.2, 0.25) is 0 Å². The van der Waals surface area contributed by atoms with Crippen molar-refractivity contribution in [1.82, 2.24) is 9.88 Å². The molecule has 2 heterocycles. The van der Waals surface area contributed by atoms with Crippen molar-refractivity contribution in [1.29, 1.82) is 0 Å². The number of nitrogens with two attached hydrogens (primary N) is 1. The van der Waals surface area contributed by atoms with Gasteiger partial charge in [-0.2, -0.15) is 0 Å². The lowest BCUT2D eigenvalue weighted by Gasteiger charge is -2.20. The maximum Gasteiger partial charge on any atom is 0.0696 e. The molecule has 6 aromatic rings. The fraction of sp³-hybridized carbons (Fsp3) is 0.0455. The van der Waals surface area contributed by atoms with Crippen LogP contribution in [0.25, 0.3) is 55.0 Å². The fourth-order valence-electron chi connectivity index (χ4n) is 6.63. The number of nitrogens with zero attached hydrogens (tertiary/aromatic N) is 1. The lowest BCUT2D eigenvalue weighted by molar-refractivity contribution is 0.741. The number of nitrogens with one attached hydrogen (secondary N) is 1. The molecule has 228 valence electrons. The van der Waals surface area contributed by atoms with E-state index in [-0.39, 0.29) is 6.04 Å². The Morgan fingerprint density at radius 3 is 2.36 bits per heavy atom. The summed E-state index contributed by atoms with van der Waals surface area (Å²) in [5.41, 5.74) is 17.2. The van der Waals surface area contributed by atoms with E-state index in [0.29, 0.717) is 0 Å². The van der Waals surface area contributed by atoms with Crippen molar-refractivity contribution in [3.8, 4) is 16.8 Å². The summed E-state index contributed by atoms with van der Waals surface area (Å²) in [7, 11) is 0. The highest BCUT2D eigenvalue weighted by molar-refractivity contribution is 6.19. The van der Waals surface area contributed by atoms with Crippen LogP contribution < -0.4 is 11.1 Å². The zero-order chi connectivity index (χ0) is 32.3.